The zero-order valence-corrected chi connectivity index (χ0v) is 16.3. The monoisotopic (exact) mass is 392 g/mol. The average molecular weight is 392 g/mol. The summed E-state index contributed by atoms with van der Waals surface area (Å²) in [7, 11) is 0. The minimum atomic E-state index is -0.406. The molecule has 0 saturated carbocycles. The number of hydrogen-bond donors (Lipinski definition) is 3. The lowest BCUT2D eigenvalue weighted by Crippen LogP contribution is -2.17. The molecule has 29 heavy (non-hydrogen) atoms. The summed E-state index contributed by atoms with van der Waals surface area (Å²) in [6.45, 7) is 2.87. The van der Waals surface area contributed by atoms with E-state index in [0.29, 0.717) is 23.6 Å². The van der Waals surface area contributed by atoms with Crippen LogP contribution in [0, 0.1) is 0 Å². The number of amides is 1. The quantitative estimate of drug-likeness (QED) is 0.290. The molecule has 3 N–H and O–H groups in total. The fourth-order valence-corrected chi connectivity index (χ4v) is 2.68. The number of phenolic OH excluding ortho intramolecular Hbond substituents is 1. The summed E-state index contributed by atoms with van der Waals surface area (Å²) in [4.78, 5) is 12.2. The Hall–Kier alpha value is -3.61. The van der Waals surface area contributed by atoms with Crippen LogP contribution in [0.1, 0.15) is 42.2 Å². The summed E-state index contributed by atoms with van der Waals surface area (Å²) in [5.74, 6) is 0.548. The highest BCUT2D eigenvalue weighted by Gasteiger charge is 2.10. The number of aromatic hydroxyl groups is 1. The average Bonchev–Trinajstić information content (AvgIpc) is 3.22. The van der Waals surface area contributed by atoms with E-state index in [9.17, 15) is 9.90 Å². The third-order valence-corrected chi connectivity index (χ3v) is 4.24. The number of hydrogen-bond acceptors (Lipinski definition) is 5. The van der Waals surface area contributed by atoms with Gasteiger partial charge in [-0.3, -0.25) is 9.89 Å². The molecule has 0 unspecified atom stereocenters. The van der Waals surface area contributed by atoms with Gasteiger partial charge >= 0.3 is 0 Å². The van der Waals surface area contributed by atoms with Gasteiger partial charge in [-0.25, -0.2) is 5.43 Å². The van der Waals surface area contributed by atoms with Gasteiger partial charge in [-0.15, -0.1) is 0 Å². The number of nitrogens with one attached hydrogen (secondary N) is 2. The predicted octanol–water partition coefficient (Wildman–Crippen LogP) is 4.12. The van der Waals surface area contributed by atoms with E-state index >= 15 is 0 Å². The highest BCUT2D eigenvalue weighted by molar-refractivity contribution is 5.94. The number of aromatic nitrogens is 2. The Balaban J connectivity index is 1.56. The van der Waals surface area contributed by atoms with Crippen molar-refractivity contribution in [3.8, 4) is 22.8 Å². The minimum absolute atomic E-state index is 0.135. The number of benzene rings is 2. The number of nitrogens with zero attached hydrogens (tertiary/aromatic N) is 2. The van der Waals surface area contributed by atoms with E-state index in [1.165, 1.54) is 12.6 Å². The number of H-pyrrole nitrogens is 1. The topological polar surface area (TPSA) is 99.6 Å². The fourth-order valence-electron chi connectivity index (χ4n) is 2.68. The molecule has 7 heteroatoms. The first-order valence-corrected chi connectivity index (χ1v) is 9.57. The van der Waals surface area contributed by atoms with E-state index in [1.54, 1.807) is 30.3 Å². The summed E-state index contributed by atoms with van der Waals surface area (Å²) in [6, 6.07) is 15.8. The standard InChI is InChI=1S/C22H24N4O3/c1-2-3-4-12-29-19-10-8-17(9-11-19)20-14-21(25-24-20)22(28)26-23-15-16-6-5-7-18(27)13-16/h5-11,13-15,27H,2-4,12H2,1H3,(H,24,25)(H,26,28)/b23-15+. The first kappa shape index (κ1) is 20.1. The maximum absolute atomic E-state index is 12.2. The number of hydrazone groups is 1. The SMILES string of the molecule is CCCCCOc1ccc(-c2cc(C(=O)N/N=C/c3cccc(O)c3)[nH]n2)cc1. The molecule has 0 saturated heterocycles. The molecule has 1 heterocycles. The van der Waals surface area contributed by atoms with Gasteiger partial charge in [0.05, 0.1) is 18.5 Å². The van der Waals surface area contributed by atoms with Gasteiger partial charge < -0.3 is 9.84 Å². The molecular formula is C22H24N4O3. The predicted molar refractivity (Wildman–Crippen MR) is 112 cm³/mol. The number of ether oxygens (including phenoxy) is 1. The Labute approximate surface area is 169 Å². The van der Waals surface area contributed by atoms with E-state index < -0.39 is 5.91 Å². The van der Waals surface area contributed by atoms with Crippen molar-refractivity contribution in [3.05, 3.63) is 65.9 Å². The Morgan fingerprint density at radius 3 is 2.79 bits per heavy atom. The van der Waals surface area contributed by atoms with Crippen molar-refractivity contribution < 1.29 is 14.6 Å². The third-order valence-electron chi connectivity index (χ3n) is 4.24. The van der Waals surface area contributed by atoms with Gasteiger partial charge in [-0.2, -0.15) is 10.2 Å². The molecule has 0 spiro atoms. The van der Waals surface area contributed by atoms with Crippen LogP contribution in [0.25, 0.3) is 11.3 Å². The minimum Gasteiger partial charge on any atom is -0.508 e. The molecule has 3 aromatic rings. The van der Waals surface area contributed by atoms with Crippen LogP contribution in [0.3, 0.4) is 0 Å². The zero-order valence-electron chi connectivity index (χ0n) is 16.3. The highest BCUT2D eigenvalue weighted by atomic mass is 16.5. The lowest BCUT2D eigenvalue weighted by molar-refractivity contribution is 0.0950. The normalized spacial score (nSPS) is 10.9. The first-order chi connectivity index (χ1) is 14.2. The molecular weight excluding hydrogens is 368 g/mol. The van der Waals surface area contributed by atoms with Crippen molar-refractivity contribution in [2.45, 2.75) is 26.2 Å². The van der Waals surface area contributed by atoms with E-state index in [1.807, 2.05) is 24.3 Å². The van der Waals surface area contributed by atoms with E-state index in [2.05, 4.69) is 27.6 Å². The van der Waals surface area contributed by atoms with Crippen LogP contribution in [0.15, 0.2) is 59.7 Å². The summed E-state index contributed by atoms with van der Waals surface area (Å²) in [5.41, 5.74) is 4.94. The number of carbonyl (C=O) groups is 1. The lowest BCUT2D eigenvalue weighted by Gasteiger charge is -2.06. The third kappa shape index (κ3) is 5.93. The maximum Gasteiger partial charge on any atom is 0.289 e. The molecule has 0 atom stereocenters. The number of carbonyl (C=O) groups excluding carboxylic acids is 1. The van der Waals surface area contributed by atoms with Crippen LogP contribution in [0.5, 0.6) is 11.5 Å². The van der Waals surface area contributed by atoms with Crippen LogP contribution in [-0.4, -0.2) is 34.0 Å². The van der Waals surface area contributed by atoms with Gasteiger partial charge in [0, 0.05) is 5.56 Å². The smallest absolute Gasteiger partial charge is 0.289 e. The van der Waals surface area contributed by atoms with Crippen molar-refractivity contribution in [3.63, 3.8) is 0 Å². The number of unbranched alkanes of at least 4 members (excludes halogenated alkanes) is 2. The van der Waals surface area contributed by atoms with E-state index in [-0.39, 0.29) is 5.75 Å². The summed E-state index contributed by atoms with van der Waals surface area (Å²) in [5, 5.41) is 20.2. The van der Waals surface area contributed by atoms with Gasteiger partial charge in [0.25, 0.3) is 5.91 Å². The Morgan fingerprint density at radius 1 is 1.21 bits per heavy atom. The van der Waals surface area contributed by atoms with Gasteiger partial charge in [-0.05, 0) is 54.4 Å². The van der Waals surface area contributed by atoms with Crippen molar-refractivity contribution >= 4 is 12.1 Å². The maximum atomic E-state index is 12.2. The molecule has 1 amide bonds. The Bertz CT molecular complexity index is 964. The van der Waals surface area contributed by atoms with Crippen molar-refractivity contribution in [1.29, 1.82) is 0 Å². The molecule has 0 aliphatic heterocycles. The molecule has 0 fully saturated rings. The van der Waals surface area contributed by atoms with Gasteiger partial charge in [0.15, 0.2) is 0 Å². The second-order valence-corrected chi connectivity index (χ2v) is 6.54. The lowest BCUT2D eigenvalue weighted by atomic mass is 10.1. The summed E-state index contributed by atoms with van der Waals surface area (Å²) in [6.07, 6.45) is 4.82. The fraction of sp³-hybridized carbons (Fsp3) is 0.227. The van der Waals surface area contributed by atoms with Crippen LogP contribution in [0.2, 0.25) is 0 Å². The second-order valence-electron chi connectivity index (χ2n) is 6.54. The molecule has 3 rings (SSSR count). The molecule has 0 radical (unpaired) electrons. The van der Waals surface area contributed by atoms with Gasteiger partial charge in [-0.1, -0.05) is 31.9 Å². The Kier molecular flexibility index (Phi) is 7.00. The zero-order chi connectivity index (χ0) is 20.5. The molecule has 0 aliphatic carbocycles. The molecule has 0 bridgehead atoms. The van der Waals surface area contributed by atoms with Crippen molar-refractivity contribution in [2.75, 3.05) is 6.61 Å². The highest BCUT2D eigenvalue weighted by Crippen LogP contribution is 2.21. The largest absolute Gasteiger partial charge is 0.508 e. The van der Waals surface area contributed by atoms with E-state index in [4.69, 9.17) is 4.74 Å². The van der Waals surface area contributed by atoms with Crippen LogP contribution < -0.4 is 10.2 Å². The Morgan fingerprint density at radius 2 is 2.03 bits per heavy atom. The molecule has 2 aromatic carbocycles. The molecule has 1 aromatic heterocycles. The van der Waals surface area contributed by atoms with Gasteiger partial charge in [0.2, 0.25) is 0 Å². The van der Waals surface area contributed by atoms with Crippen molar-refractivity contribution in [1.82, 2.24) is 15.6 Å². The summed E-state index contributed by atoms with van der Waals surface area (Å²) >= 11 is 0. The molecule has 0 aliphatic rings. The first-order valence-electron chi connectivity index (χ1n) is 9.57. The van der Waals surface area contributed by atoms with Crippen LogP contribution in [-0.2, 0) is 0 Å². The number of aromatic amines is 1. The van der Waals surface area contributed by atoms with Gasteiger partial charge in [0.1, 0.15) is 17.2 Å². The van der Waals surface area contributed by atoms with Crippen LogP contribution in [0.4, 0.5) is 0 Å². The van der Waals surface area contributed by atoms with Crippen molar-refractivity contribution in [2.24, 2.45) is 5.10 Å². The molecule has 150 valence electrons. The van der Waals surface area contributed by atoms with Crippen LogP contribution >= 0.6 is 0 Å². The molecule has 7 nitrogen and oxygen atoms in total. The second kappa shape index (κ2) is 10.1. The van der Waals surface area contributed by atoms with E-state index in [0.717, 1.165) is 24.2 Å². The number of rotatable bonds is 9. The number of phenols is 1. The summed E-state index contributed by atoms with van der Waals surface area (Å²) < 4.78 is 5.71.